The minimum Gasteiger partial charge on any atom is -0.458 e. The maximum absolute atomic E-state index is 9.25. The van der Waals surface area contributed by atoms with E-state index in [4.69, 9.17) is 25.9 Å². The topological polar surface area (TPSA) is 28.3 Å². The van der Waals surface area contributed by atoms with Crippen molar-refractivity contribution in [2.45, 2.75) is 0 Å². The van der Waals surface area contributed by atoms with Crippen molar-refractivity contribution in [2.24, 2.45) is 0 Å². The standard InChI is InChI=1S/C60H37BN2O2/c1-3-17-38(18-4-1)42-21-7-8-22-43(42)49-37-48(39-19-5-2-6-20-39)59-58-60(49)65-57-36-41(63-54-29-15-11-25-46(54)47-26-12-16-30-55(47)63)32-34-51(57)61(58)50-33-31-40(35-56(50)64-59)62-52-27-13-9-23-44(52)45-24-10-14-28-53(45)62/h1-37H/i9D,10D,11D,12D,13D,14D,15D,16D,23D,24D,25D,26D,27D,28D,29D,30D. The zero-order valence-corrected chi connectivity index (χ0v) is 33.9. The van der Waals surface area contributed by atoms with Gasteiger partial charge in [0.1, 0.15) is 23.0 Å². The fourth-order valence-corrected chi connectivity index (χ4v) is 9.80. The second kappa shape index (κ2) is 14.0. The van der Waals surface area contributed by atoms with E-state index in [-0.39, 0.29) is 55.0 Å². The molecule has 2 aliphatic rings. The van der Waals surface area contributed by atoms with Crippen LogP contribution in [-0.2, 0) is 0 Å². The molecule has 0 saturated carbocycles. The van der Waals surface area contributed by atoms with E-state index < -0.39 is 103 Å². The van der Waals surface area contributed by atoms with Crippen LogP contribution in [0.5, 0.6) is 23.0 Å². The number of hydrogen-bond acceptors (Lipinski definition) is 2. The van der Waals surface area contributed by atoms with Crippen LogP contribution in [0.2, 0.25) is 0 Å². The van der Waals surface area contributed by atoms with Gasteiger partial charge in [-0.05, 0) is 75.5 Å². The molecule has 0 N–H and O–H groups in total. The number of ether oxygens (including phenoxy) is 2. The lowest BCUT2D eigenvalue weighted by atomic mass is 9.34. The molecule has 0 aliphatic carbocycles. The van der Waals surface area contributed by atoms with Crippen molar-refractivity contribution in [1.29, 1.82) is 0 Å². The fraction of sp³-hybridized carbons (Fsp3) is 0. The highest BCUT2D eigenvalue weighted by Crippen LogP contribution is 2.49. The van der Waals surface area contributed by atoms with E-state index in [1.54, 1.807) is 24.3 Å². The van der Waals surface area contributed by atoms with E-state index in [0.29, 0.717) is 50.5 Å². The van der Waals surface area contributed by atoms with E-state index in [2.05, 4.69) is 0 Å². The van der Waals surface area contributed by atoms with E-state index in [1.807, 2.05) is 103 Å². The van der Waals surface area contributed by atoms with Crippen LogP contribution in [0.25, 0.3) is 88.4 Å². The van der Waals surface area contributed by atoms with Gasteiger partial charge in [0.25, 0.3) is 6.71 Å². The predicted octanol–water partition coefficient (Wildman–Crippen LogP) is 13.6. The molecule has 302 valence electrons. The van der Waals surface area contributed by atoms with Crippen LogP contribution in [0.15, 0.2) is 224 Å². The Bertz CT molecular complexity index is 4690. The first-order valence-corrected chi connectivity index (χ1v) is 21.0. The first-order valence-electron chi connectivity index (χ1n) is 29.0. The highest BCUT2D eigenvalue weighted by atomic mass is 16.5. The molecule has 0 spiro atoms. The molecule has 5 heteroatoms. The van der Waals surface area contributed by atoms with Crippen molar-refractivity contribution < 1.29 is 31.4 Å². The van der Waals surface area contributed by atoms with Crippen LogP contribution in [0.4, 0.5) is 0 Å². The van der Waals surface area contributed by atoms with Gasteiger partial charge in [-0.2, -0.15) is 0 Å². The smallest absolute Gasteiger partial charge is 0.260 e. The van der Waals surface area contributed by atoms with Gasteiger partial charge in [0.15, 0.2) is 0 Å². The number of rotatable bonds is 5. The number of fused-ring (bicyclic) bond motifs is 10. The van der Waals surface area contributed by atoms with Gasteiger partial charge in [0.05, 0.1) is 44.0 Å². The molecule has 0 unspecified atom stereocenters. The van der Waals surface area contributed by atoms with Gasteiger partial charge in [0.2, 0.25) is 0 Å². The van der Waals surface area contributed by atoms with Crippen LogP contribution in [0.3, 0.4) is 0 Å². The second-order valence-corrected chi connectivity index (χ2v) is 16.0. The summed E-state index contributed by atoms with van der Waals surface area (Å²) in [6, 6.07) is 31.8. The molecule has 2 aromatic heterocycles. The normalized spacial score (nSPS) is 16.0. The van der Waals surface area contributed by atoms with Crippen molar-refractivity contribution in [3.63, 3.8) is 0 Å². The van der Waals surface area contributed by atoms with Gasteiger partial charge in [-0.25, -0.2) is 0 Å². The SMILES string of the molecule is [2H]c1c([2H])c([2H])c2c(c1[2H])c1c([2H])c([2H])c([2H])c([2H])c1n2-c1ccc2c(c1)Oc1c(-c3ccccc3)cc(-c3ccccc3-c3ccccc3)c3c1B2c1ccc(-n2c4c([2H])c([2H])c([2H])c([2H])c4c4c([2H])c([2H])c([2H])c([2H])c42)cc1O3. The lowest BCUT2D eigenvalue weighted by Gasteiger charge is -2.36. The molecular weight excluding hydrogens is 791 g/mol. The Morgan fingerprint density at radius 2 is 0.769 bits per heavy atom. The maximum atomic E-state index is 9.25. The maximum Gasteiger partial charge on any atom is 0.260 e. The number of para-hydroxylation sites is 4. The molecule has 12 aromatic rings. The summed E-state index contributed by atoms with van der Waals surface area (Å²) in [6.45, 7) is -0.711. The molecule has 0 atom stereocenters. The zero-order chi connectivity index (χ0) is 56.5. The summed E-state index contributed by atoms with van der Waals surface area (Å²) < 4.78 is 160. The predicted molar refractivity (Wildman–Crippen MR) is 269 cm³/mol. The number of benzene rings is 10. The molecule has 2 aliphatic heterocycles. The van der Waals surface area contributed by atoms with Crippen LogP contribution in [0.1, 0.15) is 21.9 Å². The van der Waals surface area contributed by atoms with E-state index in [0.717, 1.165) is 22.3 Å². The molecule has 10 aromatic carbocycles. The Morgan fingerprint density at radius 1 is 0.369 bits per heavy atom. The Hall–Kier alpha value is -8.54. The third kappa shape index (κ3) is 5.33. The number of aromatic nitrogens is 2. The van der Waals surface area contributed by atoms with Gasteiger partial charge >= 0.3 is 0 Å². The first-order chi connectivity index (χ1) is 38.9. The third-order valence-corrected chi connectivity index (χ3v) is 12.6. The monoisotopic (exact) mass is 844 g/mol. The van der Waals surface area contributed by atoms with Crippen molar-refractivity contribution >= 4 is 66.7 Å². The molecule has 4 nitrogen and oxygen atoms in total. The lowest BCUT2D eigenvalue weighted by molar-refractivity contribution is 0.466. The van der Waals surface area contributed by atoms with Crippen LogP contribution >= 0.6 is 0 Å². The van der Waals surface area contributed by atoms with Gasteiger partial charge in [-0.1, -0.05) is 170 Å². The Labute approximate surface area is 398 Å². The number of nitrogens with zero attached hydrogens (tertiary/aromatic N) is 2. The van der Waals surface area contributed by atoms with Gasteiger partial charge in [-0.15, -0.1) is 0 Å². The summed E-state index contributed by atoms with van der Waals surface area (Å²) in [7, 11) is 0. The van der Waals surface area contributed by atoms with Gasteiger partial charge < -0.3 is 18.6 Å². The molecule has 0 saturated heterocycles. The summed E-state index contributed by atoms with van der Waals surface area (Å²) in [4.78, 5) is 0. The summed E-state index contributed by atoms with van der Waals surface area (Å²) >= 11 is 0. The fourth-order valence-electron chi connectivity index (χ4n) is 9.80. The van der Waals surface area contributed by atoms with Crippen LogP contribution in [-0.4, -0.2) is 15.8 Å². The molecule has 4 heterocycles. The van der Waals surface area contributed by atoms with E-state index >= 15 is 0 Å². The summed E-state index contributed by atoms with van der Waals surface area (Å²) in [5.41, 5.74) is 6.98. The Kier molecular flexibility index (Phi) is 5.12. The molecule has 0 fully saturated rings. The molecular formula is C60H37BN2O2. The van der Waals surface area contributed by atoms with Crippen LogP contribution in [0, 0.1) is 0 Å². The van der Waals surface area contributed by atoms with Crippen molar-refractivity contribution in [2.75, 3.05) is 0 Å². The largest absolute Gasteiger partial charge is 0.458 e. The Balaban J connectivity index is 1.09. The molecule has 0 amide bonds. The third-order valence-electron chi connectivity index (χ3n) is 12.6. The average molecular weight is 845 g/mol. The van der Waals surface area contributed by atoms with Crippen LogP contribution < -0.4 is 25.9 Å². The average Bonchev–Trinajstić information content (AvgIpc) is 3.75. The minimum absolute atomic E-state index is 0.0585. The van der Waals surface area contributed by atoms with E-state index in [9.17, 15) is 5.48 Å². The second-order valence-electron chi connectivity index (χ2n) is 16.0. The van der Waals surface area contributed by atoms with Crippen molar-refractivity contribution in [3.8, 4) is 67.8 Å². The van der Waals surface area contributed by atoms with Gasteiger partial charge in [0, 0.05) is 61.6 Å². The number of hydrogen-bond donors (Lipinski definition) is 0. The highest BCUT2D eigenvalue weighted by molar-refractivity contribution is 6.98. The zero-order valence-electron chi connectivity index (χ0n) is 49.9. The molecule has 0 bridgehead atoms. The molecule has 65 heavy (non-hydrogen) atoms. The van der Waals surface area contributed by atoms with E-state index in [1.165, 1.54) is 9.13 Å². The first kappa shape index (κ1) is 23.8. The summed E-state index contributed by atoms with van der Waals surface area (Å²) in [5.74, 6) is 1.43. The van der Waals surface area contributed by atoms with Crippen molar-refractivity contribution in [3.05, 3.63) is 224 Å². The minimum atomic E-state index is -0.711. The highest BCUT2D eigenvalue weighted by Gasteiger charge is 2.43. The van der Waals surface area contributed by atoms with Gasteiger partial charge in [-0.3, -0.25) is 0 Å². The summed E-state index contributed by atoms with van der Waals surface area (Å²) in [6.07, 6.45) is 0. The lowest BCUT2D eigenvalue weighted by Crippen LogP contribution is -2.57. The molecule has 0 radical (unpaired) electrons. The van der Waals surface area contributed by atoms with Crippen molar-refractivity contribution in [1.82, 2.24) is 9.13 Å². The summed E-state index contributed by atoms with van der Waals surface area (Å²) in [5, 5.41) is -0.299. The Morgan fingerprint density at radius 3 is 1.25 bits per heavy atom. The molecule has 14 rings (SSSR count). The quantitative estimate of drug-likeness (QED) is 0.161.